The van der Waals surface area contributed by atoms with E-state index in [-0.39, 0.29) is 6.54 Å². The molecule has 2 N–H and O–H groups in total. The smallest absolute Gasteiger partial charge is 0.252 e. The first-order valence-electron chi connectivity index (χ1n) is 10.7. The van der Waals surface area contributed by atoms with Gasteiger partial charge in [-0.05, 0) is 74.0 Å². The average molecular weight is 455 g/mol. The van der Waals surface area contributed by atoms with Gasteiger partial charge >= 0.3 is 0 Å². The van der Waals surface area contributed by atoms with Crippen molar-refractivity contribution in [3.05, 3.63) is 83.8 Å². The number of fused-ring (bicyclic) bond motifs is 1. The third kappa shape index (κ3) is 5.67. The van der Waals surface area contributed by atoms with Gasteiger partial charge in [-0.3, -0.25) is 14.8 Å². The van der Waals surface area contributed by atoms with Crippen molar-refractivity contribution in [2.45, 2.75) is 13.8 Å². The van der Waals surface area contributed by atoms with Crippen LogP contribution in [0.5, 0.6) is 11.5 Å². The van der Waals surface area contributed by atoms with Crippen molar-refractivity contribution in [2.75, 3.05) is 18.5 Å². The standard InChI is InChI=1S/C27H23FN4O2/c1-18-14-21(7-10-26(18)34-22-8-5-19(2)31-17-22)32-25-11-13-29-24-9-6-20(15-23(24)25)4-3-12-30-27(33)16-28/h5-11,13-15,17H,12,16H2,1-2H3,(H,29,32)(H,30,33). The van der Waals surface area contributed by atoms with Crippen LogP contribution >= 0.6 is 0 Å². The van der Waals surface area contributed by atoms with Gasteiger partial charge in [0.15, 0.2) is 6.67 Å². The second kappa shape index (κ2) is 10.5. The second-order valence-electron chi connectivity index (χ2n) is 7.65. The quantitative estimate of drug-likeness (QED) is 0.391. The Labute approximate surface area is 197 Å². The molecule has 7 heteroatoms. The number of carbonyl (C=O) groups excluding carboxylic acids is 1. The first-order valence-corrected chi connectivity index (χ1v) is 10.7. The van der Waals surface area contributed by atoms with Crippen LogP contribution in [-0.4, -0.2) is 29.1 Å². The van der Waals surface area contributed by atoms with Crippen LogP contribution in [-0.2, 0) is 4.79 Å². The van der Waals surface area contributed by atoms with E-state index in [4.69, 9.17) is 4.74 Å². The Kier molecular flexibility index (Phi) is 6.99. The SMILES string of the molecule is Cc1ccc(Oc2ccc(Nc3ccnc4ccc(C#CCNC(=O)CF)cc34)cc2C)cn1. The number of anilines is 2. The van der Waals surface area contributed by atoms with E-state index in [1.165, 1.54) is 0 Å². The van der Waals surface area contributed by atoms with Crippen molar-refractivity contribution < 1.29 is 13.9 Å². The summed E-state index contributed by atoms with van der Waals surface area (Å²) >= 11 is 0. The minimum Gasteiger partial charge on any atom is -0.455 e. The van der Waals surface area contributed by atoms with Gasteiger partial charge in [0, 0.05) is 34.2 Å². The Bertz CT molecular complexity index is 1390. The highest BCUT2D eigenvalue weighted by molar-refractivity contribution is 5.93. The molecule has 0 spiro atoms. The second-order valence-corrected chi connectivity index (χ2v) is 7.65. The zero-order chi connectivity index (χ0) is 23.9. The zero-order valence-electron chi connectivity index (χ0n) is 18.9. The number of ether oxygens (including phenoxy) is 1. The molecular formula is C27H23FN4O2. The average Bonchev–Trinajstić information content (AvgIpc) is 2.85. The lowest BCUT2D eigenvalue weighted by atomic mass is 10.1. The van der Waals surface area contributed by atoms with E-state index in [0.29, 0.717) is 5.75 Å². The predicted molar refractivity (Wildman–Crippen MR) is 131 cm³/mol. The Balaban J connectivity index is 1.53. The zero-order valence-corrected chi connectivity index (χ0v) is 18.9. The number of benzene rings is 2. The van der Waals surface area contributed by atoms with Crippen molar-refractivity contribution in [1.82, 2.24) is 15.3 Å². The Morgan fingerprint density at radius 2 is 1.94 bits per heavy atom. The van der Waals surface area contributed by atoms with Gasteiger partial charge in [-0.15, -0.1) is 0 Å². The molecule has 1 amide bonds. The number of hydrogen-bond acceptors (Lipinski definition) is 5. The van der Waals surface area contributed by atoms with E-state index in [1.54, 1.807) is 12.4 Å². The molecule has 0 fully saturated rings. The largest absolute Gasteiger partial charge is 0.455 e. The van der Waals surface area contributed by atoms with Gasteiger partial charge in [0.1, 0.15) is 11.5 Å². The molecule has 0 unspecified atom stereocenters. The van der Waals surface area contributed by atoms with Gasteiger partial charge < -0.3 is 15.4 Å². The van der Waals surface area contributed by atoms with Gasteiger partial charge in [0.05, 0.1) is 18.3 Å². The van der Waals surface area contributed by atoms with Gasteiger partial charge in [-0.1, -0.05) is 11.8 Å². The van der Waals surface area contributed by atoms with Gasteiger partial charge in [0.2, 0.25) is 0 Å². The number of hydrogen-bond donors (Lipinski definition) is 2. The first kappa shape index (κ1) is 22.7. The molecule has 4 aromatic rings. The Hall–Kier alpha value is -4.44. The number of aryl methyl sites for hydroxylation is 2. The number of halogens is 1. The van der Waals surface area contributed by atoms with Crippen LogP contribution in [0.15, 0.2) is 67.0 Å². The summed E-state index contributed by atoms with van der Waals surface area (Å²) < 4.78 is 18.2. The monoisotopic (exact) mass is 454 g/mol. The highest BCUT2D eigenvalue weighted by atomic mass is 19.1. The highest BCUT2D eigenvalue weighted by Crippen LogP contribution is 2.30. The number of rotatable bonds is 6. The fourth-order valence-electron chi connectivity index (χ4n) is 3.31. The van der Waals surface area contributed by atoms with Crippen molar-refractivity contribution in [1.29, 1.82) is 0 Å². The summed E-state index contributed by atoms with van der Waals surface area (Å²) in [5.74, 6) is 6.59. The molecule has 0 atom stereocenters. The minimum atomic E-state index is -1.05. The molecule has 0 radical (unpaired) electrons. The molecule has 34 heavy (non-hydrogen) atoms. The van der Waals surface area contributed by atoms with E-state index < -0.39 is 12.6 Å². The maximum Gasteiger partial charge on any atom is 0.252 e. The molecule has 6 nitrogen and oxygen atoms in total. The topological polar surface area (TPSA) is 76.1 Å². The number of nitrogens with zero attached hydrogens (tertiary/aromatic N) is 2. The summed E-state index contributed by atoms with van der Waals surface area (Å²) in [5.41, 5.74) is 5.30. The summed E-state index contributed by atoms with van der Waals surface area (Å²) in [6.45, 7) is 2.96. The Morgan fingerprint density at radius 1 is 1.06 bits per heavy atom. The number of nitrogens with one attached hydrogen (secondary N) is 2. The molecule has 4 rings (SSSR count). The predicted octanol–water partition coefficient (Wildman–Crippen LogP) is 5.22. The van der Waals surface area contributed by atoms with Crippen LogP contribution in [0.3, 0.4) is 0 Å². The van der Waals surface area contributed by atoms with Crippen molar-refractivity contribution in [3.8, 4) is 23.3 Å². The maximum atomic E-state index is 12.2. The Morgan fingerprint density at radius 3 is 2.71 bits per heavy atom. The van der Waals surface area contributed by atoms with Gasteiger partial charge in [-0.25, -0.2) is 4.39 Å². The van der Waals surface area contributed by atoms with Gasteiger partial charge in [0.25, 0.3) is 5.91 Å². The number of carbonyl (C=O) groups is 1. The van der Waals surface area contributed by atoms with Crippen molar-refractivity contribution in [2.24, 2.45) is 0 Å². The van der Waals surface area contributed by atoms with Crippen LogP contribution in [0, 0.1) is 25.7 Å². The number of aromatic nitrogens is 2. The summed E-state index contributed by atoms with van der Waals surface area (Å²) in [6.07, 6.45) is 3.46. The van der Waals surface area contributed by atoms with E-state index in [1.807, 2.05) is 68.4 Å². The highest BCUT2D eigenvalue weighted by Gasteiger charge is 2.07. The number of pyridine rings is 2. The molecule has 2 aromatic heterocycles. The summed E-state index contributed by atoms with van der Waals surface area (Å²) in [4.78, 5) is 19.7. The van der Waals surface area contributed by atoms with Crippen molar-refractivity contribution in [3.63, 3.8) is 0 Å². The van der Waals surface area contributed by atoms with E-state index in [0.717, 1.165) is 44.8 Å². The van der Waals surface area contributed by atoms with E-state index in [2.05, 4.69) is 32.4 Å². The lowest BCUT2D eigenvalue weighted by Crippen LogP contribution is -2.24. The summed E-state index contributed by atoms with van der Waals surface area (Å²) in [5, 5.41) is 6.74. The normalized spacial score (nSPS) is 10.3. The summed E-state index contributed by atoms with van der Waals surface area (Å²) in [6, 6.07) is 17.3. The number of alkyl halides is 1. The third-order valence-electron chi connectivity index (χ3n) is 5.04. The van der Waals surface area contributed by atoms with Crippen LogP contribution in [0.1, 0.15) is 16.8 Å². The van der Waals surface area contributed by atoms with Crippen LogP contribution in [0.4, 0.5) is 15.8 Å². The lowest BCUT2D eigenvalue weighted by Gasteiger charge is -2.13. The molecule has 0 saturated heterocycles. The first-order chi connectivity index (χ1) is 16.5. The van der Waals surface area contributed by atoms with Gasteiger partial charge in [-0.2, -0.15) is 0 Å². The molecule has 170 valence electrons. The van der Waals surface area contributed by atoms with E-state index in [9.17, 15) is 9.18 Å². The van der Waals surface area contributed by atoms with Crippen LogP contribution < -0.4 is 15.4 Å². The lowest BCUT2D eigenvalue weighted by molar-refractivity contribution is -0.121. The van der Waals surface area contributed by atoms with E-state index >= 15 is 0 Å². The number of amides is 1. The molecule has 0 aliphatic rings. The fraction of sp³-hybridized carbons (Fsp3) is 0.148. The third-order valence-corrected chi connectivity index (χ3v) is 5.04. The molecule has 0 saturated carbocycles. The molecular weight excluding hydrogens is 431 g/mol. The minimum absolute atomic E-state index is 0.0886. The molecule has 0 aliphatic heterocycles. The molecule has 2 heterocycles. The van der Waals surface area contributed by atoms with Crippen molar-refractivity contribution >= 4 is 28.2 Å². The fourth-order valence-corrected chi connectivity index (χ4v) is 3.31. The maximum absolute atomic E-state index is 12.2. The summed E-state index contributed by atoms with van der Waals surface area (Å²) in [7, 11) is 0. The van der Waals surface area contributed by atoms with Crippen LogP contribution in [0.25, 0.3) is 10.9 Å². The van der Waals surface area contributed by atoms with Crippen LogP contribution in [0.2, 0.25) is 0 Å². The molecule has 2 aromatic carbocycles. The molecule has 0 aliphatic carbocycles. The molecule has 0 bridgehead atoms.